The van der Waals surface area contributed by atoms with Gasteiger partial charge in [-0.2, -0.15) is 0 Å². The highest BCUT2D eigenvalue weighted by Gasteiger charge is 2.19. The molecular weight excluding hydrogens is 372 g/mol. The van der Waals surface area contributed by atoms with Crippen molar-refractivity contribution in [3.05, 3.63) is 58.3 Å². The van der Waals surface area contributed by atoms with Gasteiger partial charge in [0.15, 0.2) is 12.7 Å². The number of benzene rings is 2. The Morgan fingerprint density at radius 2 is 1.96 bits per heavy atom. The summed E-state index contributed by atoms with van der Waals surface area (Å²) in [5.41, 5.74) is 0.304. The number of anilines is 1. The minimum atomic E-state index is -1.08. The van der Waals surface area contributed by atoms with Crippen LogP contribution < -0.4 is 10.1 Å². The van der Waals surface area contributed by atoms with Crippen molar-refractivity contribution < 1.29 is 23.5 Å². The van der Waals surface area contributed by atoms with Crippen molar-refractivity contribution >= 4 is 40.8 Å². The summed E-state index contributed by atoms with van der Waals surface area (Å²) in [6, 6.07) is 9.90. The van der Waals surface area contributed by atoms with E-state index in [4.69, 9.17) is 32.7 Å². The molecule has 0 aliphatic heterocycles. The lowest BCUT2D eigenvalue weighted by Crippen LogP contribution is -2.31. The minimum absolute atomic E-state index is 0.180. The Bertz CT molecular complexity index is 785. The predicted molar refractivity (Wildman–Crippen MR) is 92.5 cm³/mol. The first-order chi connectivity index (χ1) is 11.8. The van der Waals surface area contributed by atoms with Gasteiger partial charge in [0, 0.05) is 11.1 Å². The third kappa shape index (κ3) is 5.92. The van der Waals surface area contributed by atoms with Crippen molar-refractivity contribution in [2.24, 2.45) is 0 Å². The Hall–Kier alpha value is -2.31. The van der Waals surface area contributed by atoms with E-state index in [0.717, 1.165) is 6.07 Å². The maximum atomic E-state index is 13.0. The zero-order valence-electron chi connectivity index (χ0n) is 13.1. The topological polar surface area (TPSA) is 64.6 Å². The number of nitrogens with one attached hydrogen (secondary N) is 1. The van der Waals surface area contributed by atoms with E-state index in [1.54, 1.807) is 6.07 Å². The zero-order valence-corrected chi connectivity index (χ0v) is 14.6. The molecule has 0 fully saturated rings. The molecule has 8 heteroatoms. The number of hydrogen-bond donors (Lipinski definition) is 1. The van der Waals surface area contributed by atoms with Crippen LogP contribution in [-0.4, -0.2) is 24.6 Å². The Morgan fingerprint density at radius 3 is 2.68 bits per heavy atom. The Kier molecular flexibility index (Phi) is 6.61. The van der Waals surface area contributed by atoms with Crippen molar-refractivity contribution in [1.29, 1.82) is 0 Å². The lowest BCUT2D eigenvalue weighted by atomic mass is 10.3. The molecule has 0 radical (unpaired) electrons. The second-order valence-corrected chi connectivity index (χ2v) is 5.84. The van der Waals surface area contributed by atoms with Crippen LogP contribution in [0.5, 0.6) is 5.75 Å². The lowest BCUT2D eigenvalue weighted by molar-refractivity contribution is -0.155. The molecule has 0 heterocycles. The summed E-state index contributed by atoms with van der Waals surface area (Å²) in [5, 5.41) is 3.21. The molecule has 5 nitrogen and oxygen atoms in total. The molecule has 0 saturated carbocycles. The molecule has 0 spiro atoms. The van der Waals surface area contributed by atoms with Crippen molar-refractivity contribution in [1.82, 2.24) is 0 Å². The van der Waals surface area contributed by atoms with E-state index < -0.39 is 30.4 Å². The highest BCUT2D eigenvalue weighted by Crippen LogP contribution is 2.25. The van der Waals surface area contributed by atoms with Gasteiger partial charge in [-0.05, 0) is 37.3 Å². The average molecular weight is 386 g/mol. The summed E-state index contributed by atoms with van der Waals surface area (Å²) in [5.74, 6) is -1.66. The van der Waals surface area contributed by atoms with Crippen LogP contribution in [0.4, 0.5) is 10.1 Å². The number of halogens is 3. The minimum Gasteiger partial charge on any atom is -0.482 e. The number of hydrogen-bond acceptors (Lipinski definition) is 4. The van der Waals surface area contributed by atoms with Gasteiger partial charge < -0.3 is 14.8 Å². The molecule has 0 aromatic heterocycles. The van der Waals surface area contributed by atoms with Crippen molar-refractivity contribution in [2.45, 2.75) is 13.0 Å². The lowest BCUT2D eigenvalue weighted by Gasteiger charge is -2.14. The fraction of sp³-hybridized carbons (Fsp3) is 0.176. The molecule has 1 amide bonds. The first-order valence-electron chi connectivity index (χ1n) is 7.19. The highest BCUT2D eigenvalue weighted by atomic mass is 35.5. The van der Waals surface area contributed by atoms with Gasteiger partial charge in [-0.1, -0.05) is 29.3 Å². The van der Waals surface area contributed by atoms with E-state index in [1.807, 2.05) is 0 Å². The fourth-order valence-corrected chi connectivity index (χ4v) is 2.15. The molecule has 25 heavy (non-hydrogen) atoms. The van der Waals surface area contributed by atoms with Gasteiger partial charge in [0.25, 0.3) is 5.91 Å². The normalized spacial score (nSPS) is 11.5. The van der Waals surface area contributed by atoms with Crippen LogP contribution in [0.3, 0.4) is 0 Å². The van der Waals surface area contributed by atoms with Crippen molar-refractivity contribution in [3.8, 4) is 5.75 Å². The summed E-state index contributed by atoms with van der Waals surface area (Å²) in [6.07, 6.45) is -1.08. The molecule has 2 rings (SSSR count). The van der Waals surface area contributed by atoms with Crippen molar-refractivity contribution in [2.75, 3.05) is 11.9 Å². The largest absolute Gasteiger partial charge is 0.482 e. The molecule has 0 aliphatic carbocycles. The number of ether oxygens (including phenoxy) is 2. The van der Waals surface area contributed by atoms with Crippen LogP contribution in [0.15, 0.2) is 42.5 Å². The average Bonchev–Trinajstić information content (AvgIpc) is 2.56. The summed E-state index contributed by atoms with van der Waals surface area (Å²) in [4.78, 5) is 23.8. The molecule has 0 aliphatic rings. The molecule has 1 atom stereocenters. The monoisotopic (exact) mass is 385 g/mol. The molecule has 0 bridgehead atoms. The second-order valence-electron chi connectivity index (χ2n) is 4.99. The smallest absolute Gasteiger partial charge is 0.344 e. The van der Waals surface area contributed by atoms with Crippen LogP contribution in [-0.2, 0) is 14.3 Å². The maximum absolute atomic E-state index is 13.0. The van der Waals surface area contributed by atoms with Crippen LogP contribution in [0, 0.1) is 5.82 Å². The van der Waals surface area contributed by atoms with Gasteiger partial charge in [-0.3, -0.25) is 4.79 Å². The van der Waals surface area contributed by atoms with E-state index in [0.29, 0.717) is 15.7 Å². The van der Waals surface area contributed by atoms with E-state index in [-0.39, 0.29) is 5.75 Å². The number of rotatable bonds is 6. The maximum Gasteiger partial charge on any atom is 0.344 e. The molecule has 132 valence electrons. The van der Waals surface area contributed by atoms with Crippen LogP contribution in [0.25, 0.3) is 0 Å². The molecule has 0 unspecified atom stereocenters. The third-order valence-electron chi connectivity index (χ3n) is 3.02. The summed E-state index contributed by atoms with van der Waals surface area (Å²) >= 11 is 11.8. The first-order valence-corrected chi connectivity index (χ1v) is 7.94. The molecule has 1 N–H and O–H groups in total. The molecule has 2 aromatic rings. The van der Waals surface area contributed by atoms with E-state index >= 15 is 0 Å². The molecular formula is C17H14Cl2FNO4. The zero-order chi connectivity index (χ0) is 18.4. The van der Waals surface area contributed by atoms with Gasteiger partial charge in [0.1, 0.15) is 11.6 Å². The van der Waals surface area contributed by atoms with Crippen LogP contribution >= 0.6 is 23.2 Å². The fourth-order valence-electron chi connectivity index (χ4n) is 1.81. The van der Waals surface area contributed by atoms with E-state index in [1.165, 1.54) is 37.3 Å². The van der Waals surface area contributed by atoms with Crippen LogP contribution in [0.1, 0.15) is 6.92 Å². The summed E-state index contributed by atoms with van der Waals surface area (Å²) in [7, 11) is 0. The Balaban J connectivity index is 1.85. The second kappa shape index (κ2) is 8.69. The standard InChI is InChI=1S/C17H14Cl2FNO4/c1-10(17(23)21-15-7-11(18)5-6-14(15)19)25-16(22)9-24-13-4-2-3-12(20)8-13/h2-8,10H,9H2,1H3,(H,21,23)/t10-/m1/s1. The van der Waals surface area contributed by atoms with Gasteiger partial charge >= 0.3 is 5.97 Å². The SMILES string of the molecule is C[C@@H](OC(=O)COc1cccc(F)c1)C(=O)Nc1cc(Cl)ccc1Cl. The quantitative estimate of drug-likeness (QED) is 0.760. The first kappa shape index (κ1) is 19.0. The Morgan fingerprint density at radius 1 is 1.20 bits per heavy atom. The van der Waals surface area contributed by atoms with Gasteiger partial charge in [0.05, 0.1) is 10.7 Å². The van der Waals surface area contributed by atoms with E-state index in [9.17, 15) is 14.0 Å². The number of esters is 1. The molecule has 2 aromatic carbocycles. The summed E-state index contributed by atoms with van der Waals surface area (Å²) < 4.78 is 23.1. The predicted octanol–water partition coefficient (Wildman–Crippen LogP) is 4.08. The van der Waals surface area contributed by atoms with Crippen LogP contribution in [0.2, 0.25) is 10.0 Å². The summed E-state index contributed by atoms with van der Waals surface area (Å²) in [6.45, 7) is 0.937. The Labute approximate surface area is 153 Å². The number of carbonyl (C=O) groups is 2. The van der Waals surface area contributed by atoms with Crippen molar-refractivity contribution in [3.63, 3.8) is 0 Å². The molecule has 0 saturated heterocycles. The van der Waals surface area contributed by atoms with Gasteiger partial charge in [0.2, 0.25) is 0 Å². The highest BCUT2D eigenvalue weighted by molar-refractivity contribution is 6.35. The third-order valence-corrected chi connectivity index (χ3v) is 3.58. The number of amides is 1. The van der Waals surface area contributed by atoms with E-state index in [2.05, 4.69) is 5.32 Å². The van der Waals surface area contributed by atoms with Gasteiger partial charge in [-0.15, -0.1) is 0 Å². The number of carbonyl (C=O) groups excluding carboxylic acids is 2. The van der Waals surface area contributed by atoms with Gasteiger partial charge in [-0.25, -0.2) is 9.18 Å².